The molecule has 0 atom stereocenters. The Hall–Kier alpha value is -3.39. The van der Waals surface area contributed by atoms with Gasteiger partial charge in [-0.2, -0.15) is 5.26 Å². The van der Waals surface area contributed by atoms with Crippen LogP contribution in [0.1, 0.15) is 21.5 Å². The zero-order valence-electron chi connectivity index (χ0n) is 13.2. The fourth-order valence-corrected chi connectivity index (χ4v) is 1.96. The van der Waals surface area contributed by atoms with Crippen molar-refractivity contribution in [3.63, 3.8) is 0 Å². The summed E-state index contributed by atoms with van der Waals surface area (Å²) in [7, 11) is 1.32. The average Bonchev–Trinajstić information content (AvgIpc) is 2.65. The quantitative estimate of drug-likeness (QED) is 0.503. The highest BCUT2D eigenvalue weighted by atomic mass is 16.5. The molecule has 0 fully saturated rings. The number of carbonyl (C=O) groups is 2. The van der Waals surface area contributed by atoms with Crippen molar-refractivity contribution in [1.29, 1.82) is 5.26 Å². The normalized spacial score (nSPS) is 10.2. The van der Waals surface area contributed by atoms with E-state index in [2.05, 4.69) is 10.1 Å². The number of nitriles is 1. The van der Waals surface area contributed by atoms with Crippen molar-refractivity contribution in [2.75, 3.05) is 19.0 Å². The number of methoxy groups -OCH3 is 1. The first-order valence-corrected chi connectivity index (χ1v) is 7.25. The van der Waals surface area contributed by atoms with Gasteiger partial charge in [0.1, 0.15) is 0 Å². The summed E-state index contributed by atoms with van der Waals surface area (Å²) < 4.78 is 4.52. The first-order valence-electron chi connectivity index (χ1n) is 7.25. The minimum absolute atomic E-state index is 0.0610. The third kappa shape index (κ3) is 4.82. The summed E-state index contributed by atoms with van der Waals surface area (Å²) in [5.74, 6) is -0.473. The fraction of sp³-hybridized carbons (Fsp3) is 0.105. The van der Waals surface area contributed by atoms with E-state index in [1.165, 1.54) is 13.2 Å². The number of nitrogens with zero attached hydrogens (tertiary/aromatic N) is 1. The van der Waals surface area contributed by atoms with Crippen LogP contribution >= 0.6 is 0 Å². The second-order valence-electron chi connectivity index (χ2n) is 4.94. The Morgan fingerprint density at radius 3 is 2.38 bits per heavy atom. The molecule has 0 aliphatic heterocycles. The lowest BCUT2D eigenvalue weighted by molar-refractivity contribution is -0.134. The van der Waals surface area contributed by atoms with Gasteiger partial charge in [0, 0.05) is 17.3 Å². The molecule has 0 radical (unpaired) electrons. The largest absolute Gasteiger partial charge is 0.466 e. The zero-order valence-corrected chi connectivity index (χ0v) is 13.2. The number of esters is 1. The third-order valence-electron chi connectivity index (χ3n) is 3.31. The summed E-state index contributed by atoms with van der Waals surface area (Å²) in [6, 6.07) is 15.8. The molecule has 0 aliphatic rings. The Kier molecular flexibility index (Phi) is 5.87. The molecule has 0 saturated heterocycles. The summed E-state index contributed by atoms with van der Waals surface area (Å²) in [4.78, 5) is 23.1. The van der Waals surface area contributed by atoms with Gasteiger partial charge < -0.3 is 10.1 Å². The van der Waals surface area contributed by atoms with Crippen LogP contribution < -0.4 is 5.32 Å². The number of hydrogen-bond donors (Lipinski definition) is 1. The summed E-state index contributed by atoms with van der Waals surface area (Å²) in [6.07, 6.45) is 2.99. The molecule has 0 unspecified atom stereocenters. The van der Waals surface area contributed by atoms with Gasteiger partial charge in [-0.1, -0.05) is 24.3 Å². The maximum atomic E-state index is 12.1. The van der Waals surface area contributed by atoms with E-state index in [-0.39, 0.29) is 12.3 Å². The highest BCUT2D eigenvalue weighted by molar-refractivity contribution is 5.99. The molecule has 2 rings (SSSR count). The molecule has 0 amide bonds. The minimum atomic E-state index is -0.412. The molecule has 0 heterocycles. The van der Waals surface area contributed by atoms with Gasteiger partial charge in [0.25, 0.3) is 0 Å². The second kappa shape index (κ2) is 8.30. The zero-order chi connectivity index (χ0) is 17.4. The average molecular weight is 320 g/mol. The van der Waals surface area contributed by atoms with E-state index < -0.39 is 5.97 Å². The summed E-state index contributed by atoms with van der Waals surface area (Å²) in [5.41, 5.74) is 2.73. The fourth-order valence-electron chi connectivity index (χ4n) is 1.96. The van der Waals surface area contributed by atoms with Crippen molar-refractivity contribution in [3.8, 4) is 6.07 Å². The van der Waals surface area contributed by atoms with Crippen molar-refractivity contribution in [2.45, 2.75) is 0 Å². The van der Waals surface area contributed by atoms with Gasteiger partial charge in [-0.25, -0.2) is 4.79 Å². The van der Waals surface area contributed by atoms with Crippen LogP contribution in [0.4, 0.5) is 5.69 Å². The van der Waals surface area contributed by atoms with Crippen LogP contribution in [0.15, 0.2) is 54.6 Å². The van der Waals surface area contributed by atoms with E-state index in [0.29, 0.717) is 11.1 Å². The smallest absolute Gasteiger partial charge is 0.330 e. The van der Waals surface area contributed by atoms with Crippen LogP contribution in [0, 0.1) is 11.3 Å². The summed E-state index contributed by atoms with van der Waals surface area (Å²) in [6.45, 7) is 0.156. The number of ketones is 1. The van der Waals surface area contributed by atoms with Crippen LogP contribution in [-0.2, 0) is 9.53 Å². The van der Waals surface area contributed by atoms with Gasteiger partial charge in [-0.3, -0.25) is 4.79 Å². The molecular weight excluding hydrogens is 304 g/mol. The minimum Gasteiger partial charge on any atom is -0.466 e. The molecule has 0 bridgehead atoms. The van der Waals surface area contributed by atoms with E-state index in [0.717, 1.165) is 11.3 Å². The van der Waals surface area contributed by atoms with Gasteiger partial charge in [-0.15, -0.1) is 0 Å². The SMILES string of the molecule is COC(=O)/C=C/c1ccc(NCC(=O)c2ccc(C#N)cc2)cc1. The Labute approximate surface area is 140 Å². The number of nitrogens with one attached hydrogen (secondary N) is 1. The molecule has 2 aromatic rings. The number of ether oxygens (including phenoxy) is 1. The molecular formula is C19H16N2O3. The number of hydrogen-bond acceptors (Lipinski definition) is 5. The predicted octanol–water partition coefficient (Wildman–Crippen LogP) is 3.04. The standard InChI is InChI=1S/C19H16N2O3/c1-24-19(23)11-6-14-4-9-17(10-5-14)21-13-18(22)16-7-2-15(12-20)3-8-16/h2-11,21H,13H2,1H3/b11-6+. The van der Waals surface area contributed by atoms with Gasteiger partial charge in [0.15, 0.2) is 5.78 Å². The highest BCUT2D eigenvalue weighted by Gasteiger charge is 2.05. The molecule has 0 aliphatic carbocycles. The molecule has 5 nitrogen and oxygen atoms in total. The lowest BCUT2D eigenvalue weighted by Crippen LogP contribution is -2.13. The summed E-state index contributed by atoms with van der Waals surface area (Å²) >= 11 is 0. The first kappa shape index (κ1) is 17.0. The molecule has 0 spiro atoms. The number of benzene rings is 2. The predicted molar refractivity (Wildman–Crippen MR) is 91.5 cm³/mol. The maximum absolute atomic E-state index is 12.1. The Balaban J connectivity index is 1.91. The molecule has 5 heteroatoms. The Bertz CT molecular complexity index is 785. The molecule has 0 saturated carbocycles. The molecule has 120 valence electrons. The lowest BCUT2D eigenvalue weighted by atomic mass is 10.1. The van der Waals surface area contributed by atoms with E-state index >= 15 is 0 Å². The van der Waals surface area contributed by atoms with E-state index in [1.54, 1.807) is 30.3 Å². The Morgan fingerprint density at radius 2 is 1.79 bits per heavy atom. The van der Waals surface area contributed by atoms with E-state index in [1.807, 2.05) is 30.3 Å². The monoisotopic (exact) mass is 320 g/mol. The highest BCUT2D eigenvalue weighted by Crippen LogP contribution is 2.11. The van der Waals surface area contributed by atoms with Crippen molar-refractivity contribution in [1.82, 2.24) is 0 Å². The summed E-state index contributed by atoms with van der Waals surface area (Å²) in [5, 5.41) is 11.8. The van der Waals surface area contributed by atoms with Gasteiger partial charge in [0.2, 0.25) is 0 Å². The van der Waals surface area contributed by atoms with Crippen molar-refractivity contribution in [2.24, 2.45) is 0 Å². The maximum Gasteiger partial charge on any atom is 0.330 e. The lowest BCUT2D eigenvalue weighted by Gasteiger charge is -2.06. The van der Waals surface area contributed by atoms with Gasteiger partial charge in [0.05, 0.1) is 25.3 Å². The van der Waals surface area contributed by atoms with Crippen LogP contribution in [0.5, 0.6) is 0 Å². The van der Waals surface area contributed by atoms with Crippen LogP contribution in [0.2, 0.25) is 0 Å². The Morgan fingerprint density at radius 1 is 1.12 bits per heavy atom. The molecule has 2 aromatic carbocycles. The van der Waals surface area contributed by atoms with Gasteiger partial charge >= 0.3 is 5.97 Å². The number of carbonyl (C=O) groups excluding carboxylic acids is 2. The van der Waals surface area contributed by atoms with Crippen LogP contribution in [-0.4, -0.2) is 25.4 Å². The van der Waals surface area contributed by atoms with Crippen LogP contribution in [0.25, 0.3) is 6.08 Å². The second-order valence-corrected chi connectivity index (χ2v) is 4.94. The van der Waals surface area contributed by atoms with Crippen molar-refractivity contribution < 1.29 is 14.3 Å². The number of Topliss-reactive ketones (excluding diaryl/α,β-unsaturated/α-hetero) is 1. The molecule has 0 aromatic heterocycles. The van der Waals surface area contributed by atoms with E-state index in [4.69, 9.17) is 5.26 Å². The molecule has 1 N–H and O–H groups in total. The van der Waals surface area contributed by atoms with Crippen molar-refractivity contribution >= 4 is 23.5 Å². The molecule has 24 heavy (non-hydrogen) atoms. The van der Waals surface area contributed by atoms with Crippen molar-refractivity contribution in [3.05, 3.63) is 71.3 Å². The first-order chi connectivity index (χ1) is 11.6. The number of anilines is 1. The van der Waals surface area contributed by atoms with E-state index in [9.17, 15) is 9.59 Å². The third-order valence-corrected chi connectivity index (χ3v) is 3.31. The topological polar surface area (TPSA) is 79.2 Å². The number of rotatable bonds is 6. The van der Waals surface area contributed by atoms with Gasteiger partial charge in [-0.05, 0) is 35.9 Å². The van der Waals surface area contributed by atoms with Crippen LogP contribution in [0.3, 0.4) is 0 Å².